The molecule has 0 amide bonds. The van der Waals surface area contributed by atoms with Gasteiger partial charge in [-0.25, -0.2) is 9.97 Å². The molecule has 21 heteroatoms. The summed E-state index contributed by atoms with van der Waals surface area (Å²) in [6.45, 7) is 2.13. The number of Topliss-reactive ketones (excluding diaryl/α,β-unsaturated/α-hetero) is 4. The van der Waals surface area contributed by atoms with Crippen LogP contribution in [-0.2, 0) is 47.6 Å². The van der Waals surface area contributed by atoms with Crippen LogP contribution >= 0.6 is 0 Å². The normalized spacial score (nSPS) is 16.2. The molecule has 0 saturated carbocycles. The van der Waals surface area contributed by atoms with Gasteiger partial charge in [0.2, 0.25) is 0 Å². The highest BCUT2D eigenvalue weighted by Crippen LogP contribution is 2.39. The van der Waals surface area contributed by atoms with Crippen LogP contribution in [0.4, 0.5) is 26.3 Å². The molecular formula is C45H55F6N9O6. The number of nitrogens with one attached hydrogen (secondary N) is 3. The molecule has 358 valence electrons. The number of carbonyl (C=O) groups excluding carboxylic acids is 4. The summed E-state index contributed by atoms with van der Waals surface area (Å²) in [4.78, 5) is 66.0. The molecular weight excluding hydrogens is 877 g/mol. The Morgan fingerprint density at radius 1 is 0.636 bits per heavy atom. The molecule has 0 spiro atoms. The predicted octanol–water partition coefficient (Wildman–Crippen LogP) is 5.40. The van der Waals surface area contributed by atoms with E-state index in [0.717, 1.165) is 36.7 Å². The van der Waals surface area contributed by atoms with Crippen molar-refractivity contribution >= 4 is 34.9 Å². The minimum atomic E-state index is -4.87. The van der Waals surface area contributed by atoms with Gasteiger partial charge in [-0.15, -0.1) is 0 Å². The fourth-order valence-electron chi connectivity index (χ4n) is 7.70. The Labute approximate surface area is 377 Å². The van der Waals surface area contributed by atoms with Gasteiger partial charge >= 0.3 is 12.4 Å². The summed E-state index contributed by atoms with van der Waals surface area (Å²) in [5.74, 6) is -2.61. The summed E-state index contributed by atoms with van der Waals surface area (Å²) in [6.07, 6.45) is -8.20. The second kappa shape index (κ2) is 23.5. The second-order valence-corrected chi connectivity index (χ2v) is 16.5. The lowest BCUT2D eigenvalue weighted by molar-refractivity contribution is -0.138. The van der Waals surface area contributed by atoms with Crippen molar-refractivity contribution in [1.82, 2.24) is 20.6 Å². The Hall–Kier alpha value is -5.96. The molecule has 3 aromatic rings. The van der Waals surface area contributed by atoms with E-state index in [-0.39, 0.29) is 87.9 Å². The Morgan fingerprint density at radius 3 is 1.45 bits per heavy atom. The molecule has 9 N–H and O–H groups in total. The zero-order valence-electron chi connectivity index (χ0n) is 36.3. The van der Waals surface area contributed by atoms with Crippen molar-refractivity contribution in [3.05, 3.63) is 81.4 Å². The van der Waals surface area contributed by atoms with Gasteiger partial charge < -0.3 is 37.3 Å². The van der Waals surface area contributed by atoms with Crippen LogP contribution in [0, 0.1) is 5.41 Å². The van der Waals surface area contributed by atoms with E-state index in [2.05, 4.69) is 25.6 Å². The van der Waals surface area contributed by atoms with Gasteiger partial charge in [-0.05, 0) is 81.9 Å². The highest BCUT2D eigenvalue weighted by Gasteiger charge is 2.36. The molecule has 0 unspecified atom stereocenters. The maximum atomic E-state index is 14.4. The van der Waals surface area contributed by atoms with Gasteiger partial charge in [0.25, 0.3) is 0 Å². The molecule has 1 aromatic heterocycles. The number of unbranched alkanes of at least 4 members (excludes halogenated alkanes) is 3. The number of benzene rings is 2. The number of guanidine groups is 1. The monoisotopic (exact) mass is 931 g/mol. The van der Waals surface area contributed by atoms with E-state index in [1.54, 1.807) is 0 Å². The van der Waals surface area contributed by atoms with Gasteiger partial charge in [0.05, 0.1) is 17.0 Å². The average molecular weight is 932 g/mol. The van der Waals surface area contributed by atoms with Crippen molar-refractivity contribution in [2.45, 2.75) is 114 Å². The van der Waals surface area contributed by atoms with Crippen molar-refractivity contribution in [2.75, 3.05) is 32.7 Å². The van der Waals surface area contributed by atoms with E-state index in [1.165, 1.54) is 0 Å². The fourth-order valence-corrected chi connectivity index (χ4v) is 7.70. The van der Waals surface area contributed by atoms with Gasteiger partial charge in [0.1, 0.15) is 53.0 Å². The van der Waals surface area contributed by atoms with E-state index in [9.17, 15) is 45.5 Å². The van der Waals surface area contributed by atoms with Crippen LogP contribution in [0.15, 0.2) is 41.7 Å². The molecule has 2 aromatic carbocycles. The summed E-state index contributed by atoms with van der Waals surface area (Å²) >= 11 is 0. The van der Waals surface area contributed by atoms with E-state index in [1.807, 2.05) is 0 Å². The zero-order chi connectivity index (χ0) is 48.0. The molecule has 15 nitrogen and oxygen atoms in total. The van der Waals surface area contributed by atoms with Crippen LogP contribution < -0.4 is 37.3 Å². The third kappa shape index (κ3) is 15.6. The van der Waals surface area contributed by atoms with Crippen LogP contribution in [0.25, 0.3) is 0 Å². The number of alkyl halides is 6. The maximum absolute atomic E-state index is 14.4. The summed E-state index contributed by atoms with van der Waals surface area (Å²) in [7, 11) is 0. The summed E-state index contributed by atoms with van der Waals surface area (Å²) in [6, 6.07) is 4.24. The first-order valence-corrected chi connectivity index (χ1v) is 21.8. The van der Waals surface area contributed by atoms with Crippen LogP contribution in [0.1, 0.15) is 119 Å². The summed E-state index contributed by atoms with van der Waals surface area (Å²) in [5, 5.41) is 13.6. The van der Waals surface area contributed by atoms with Crippen LogP contribution in [0.2, 0.25) is 0 Å². The van der Waals surface area contributed by atoms with Crippen LogP contribution in [0.5, 0.6) is 11.5 Å². The highest BCUT2D eigenvalue weighted by molar-refractivity contribution is 6.01. The molecule has 3 heterocycles. The number of halogens is 6. The Morgan fingerprint density at radius 2 is 1.06 bits per heavy atom. The molecule has 0 aliphatic carbocycles. The minimum absolute atomic E-state index is 0.0111. The largest absolute Gasteiger partial charge is 0.488 e. The number of ether oxygens (including phenoxy) is 2. The number of ketones is 4. The van der Waals surface area contributed by atoms with E-state index in [0.29, 0.717) is 77.5 Å². The molecule has 2 aliphatic rings. The standard InChI is InChI=1S/C45H55F6N9O6/c46-44(47,48)30-14-26(18-32(61)6-2-1-3-8-40(52)53)41(65-34-9-12-56-23-34)28(16-30)20-38(63)36-22-37(60-25-59-36)39(64)21-29-17-31(45(49,50)51)15-27(42(29)66-35-10-13-57-24-35)19-33(62)7-4-5-11-58-43(54)55/h14-17,22,25,34-35,56-57H,1-13,18-21,23-24H2,(H3,52,53)(H4,54,55,58)/t34-,35-/m1/s1. The number of carbonyl (C=O) groups is 4. The SMILES string of the molecule is N=C(N)CCCCCC(=O)Cc1cc(C(F)(F)F)cc(CC(=O)c2cc(C(=O)Cc3cc(C(F)(F)F)cc(CC(=O)CCCCN=C(N)N)c3O[C@@H]3CCNC3)ncn2)c1O[C@@H]1CCNC1. The molecule has 2 aliphatic heterocycles. The maximum Gasteiger partial charge on any atom is 0.416 e. The quantitative estimate of drug-likeness (QED) is 0.0205. The number of nitrogens with two attached hydrogens (primary N) is 3. The summed E-state index contributed by atoms with van der Waals surface area (Å²) in [5.41, 5.74) is 12.7. The van der Waals surface area contributed by atoms with Gasteiger partial charge in [-0.1, -0.05) is 6.42 Å². The number of rotatable bonds is 25. The molecule has 2 fully saturated rings. The van der Waals surface area contributed by atoms with Crippen LogP contribution in [0.3, 0.4) is 0 Å². The third-order valence-electron chi connectivity index (χ3n) is 11.0. The molecule has 0 bridgehead atoms. The van der Waals surface area contributed by atoms with E-state index in [4.69, 9.17) is 32.1 Å². The molecule has 2 atom stereocenters. The number of hydrogen-bond donors (Lipinski definition) is 6. The van der Waals surface area contributed by atoms with Gasteiger partial charge in [-0.2, -0.15) is 26.3 Å². The lowest BCUT2D eigenvalue weighted by atomic mass is 9.94. The molecule has 2 saturated heterocycles. The van der Waals surface area contributed by atoms with Gasteiger partial charge in [-0.3, -0.25) is 29.6 Å². The van der Waals surface area contributed by atoms with Gasteiger partial charge in [0.15, 0.2) is 17.5 Å². The Bertz CT molecular complexity index is 2250. The van der Waals surface area contributed by atoms with Crippen molar-refractivity contribution < 1.29 is 55.0 Å². The molecule has 66 heavy (non-hydrogen) atoms. The van der Waals surface area contributed by atoms with E-state index < -0.39 is 72.9 Å². The first-order valence-electron chi connectivity index (χ1n) is 21.8. The van der Waals surface area contributed by atoms with Crippen molar-refractivity contribution in [1.29, 1.82) is 5.41 Å². The van der Waals surface area contributed by atoms with E-state index >= 15 is 0 Å². The number of nitrogens with zero attached hydrogens (tertiary/aromatic N) is 3. The van der Waals surface area contributed by atoms with Crippen LogP contribution in [-0.4, -0.2) is 89.8 Å². The van der Waals surface area contributed by atoms with Crippen molar-refractivity contribution in [3.63, 3.8) is 0 Å². The minimum Gasteiger partial charge on any atom is -0.488 e. The lowest BCUT2D eigenvalue weighted by Gasteiger charge is -2.22. The fraction of sp³-hybridized carbons (Fsp3) is 0.511. The topological polar surface area (TPSA) is 251 Å². The average Bonchev–Trinajstić information content (AvgIpc) is 3.97. The summed E-state index contributed by atoms with van der Waals surface area (Å²) < 4.78 is 98.6. The first-order chi connectivity index (χ1) is 31.3. The number of aliphatic imine (C=N–C) groups is 1. The lowest BCUT2D eigenvalue weighted by Crippen LogP contribution is -2.23. The highest BCUT2D eigenvalue weighted by atomic mass is 19.4. The molecule has 0 radical (unpaired) electrons. The van der Waals surface area contributed by atoms with Crippen molar-refractivity contribution in [3.8, 4) is 11.5 Å². The smallest absolute Gasteiger partial charge is 0.416 e. The predicted molar refractivity (Wildman–Crippen MR) is 232 cm³/mol. The van der Waals surface area contributed by atoms with Crippen molar-refractivity contribution in [2.24, 2.45) is 22.2 Å². The number of amidine groups is 1. The third-order valence-corrected chi connectivity index (χ3v) is 11.0. The Balaban J connectivity index is 1.43. The van der Waals surface area contributed by atoms with Gasteiger partial charge in [0, 0.05) is 86.8 Å². The second-order valence-electron chi connectivity index (χ2n) is 16.5. The Kier molecular flexibility index (Phi) is 18.2. The molecule has 5 rings (SSSR count). The first kappa shape index (κ1) is 51.0. The number of aromatic nitrogens is 2. The zero-order valence-corrected chi connectivity index (χ0v) is 36.3. The number of hydrogen-bond acceptors (Lipinski definition) is 12.